The minimum absolute atomic E-state index is 0.0314. The molecule has 5 heteroatoms. The molecule has 0 radical (unpaired) electrons. The molecule has 5 nitrogen and oxygen atoms in total. The number of aryl methyl sites for hydroxylation is 2. The van der Waals surface area contributed by atoms with Gasteiger partial charge >= 0.3 is 0 Å². The van der Waals surface area contributed by atoms with E-state index in [4.69, 9.17) is 9.84 Å². The number of rotatable bonds is 7. The van der Waals surface area contributed by atoms with E-state index >= 15 is 0 Å². The molecule has 1 heterocycles. The van der Waals surface area contributed by atoms with Crippen LogP contribution in [0.2, 0.25) is 0 Å². The highest BCUT2D eigenvalue weighted by atomic mass is 16.5. The van der Waals surface area contributed by atoms with Gasteiger partial charge in [0.1, 0.15) is 5.75 Å². The maximum Gasteiger partial charge on any atom is 0.258 e. The number of nitrogens with one attached hydrogen (secondary N) is 1. The summed E-state index contributed by atoms with van der Waals surface area (Å²) in [5, 5.41) is 7.73. The van der Waals surface area contributed by atoms with E-state index < -0.39 is 0 Å². The standard InChI is InChI=1S/C26H25N3O2/c1-19-13-20(2)15-24(14-19)31-18-25(30)27-16-22-17-29(23-11-7-4-8-12-23)28-26(22)21-9-5-3-6-10-21/h3-15,17H,16,18H2,1-2H3,(H,27,30). The maximum absolute atomic E-state index is 12.4. The average Bonchev–Trinajstić information content (AvgIpc) is 3.21. The molecule has 0 saturated heterocycles. The van der Waals surface area contributed by atoms with E-state index in [0.717, 1.165) is 33.6 Å². The maximum atomic E-state index is 12.4. The first-order valence-electron chi connectivity index (χ1n) is 10.3. The Bertz CT molecular complexity index is 1150. The van der Waals surface area contributed by atoms with Crippen molar-refractivity contribution in [2.45, 2.75) is 20.4 Å². The normalized spacial score (nSPS) is 10.6. The van der Waals surface area contributed by atoms with Crippen LogP contribution in [0, 0.1) is 13.8 Å². The monoisotopic (exact) mass is 411 g/mol. The van der Waals surface area contributed by atoms with Crippen molar-refractivity contribution in [2.75, 3.05) is 6.61 Å². The Balaban J connectivity index is 1.48. The first kappa shape index (κ1) is 20.4. The molecule has 1 aromatic heterocycles. The molecule has 0 aliphatic rings. The highest BCUT2D eigenvalue weighted by Gasteiger charge is 2.13. The molecule has 0 unspecified atom stereocenters. The van der Waals surface area contributed by atoms with Crippen molar-refractivity contribution in [1.82, 2.24) is 15.1 Å². The van der Waals surface area contributed by atoms with Crippen LogP contribution in [0.15, 0.2) is 85.1 Å². The molecule has 0 spiro atoms. The van der Waals surface area contributed by atoms with Gasteiger partial charge in [0, 0.05) is 23.9 Å². The predicted octanol–water partition coefficient (Wildman–Crippen LogP) is 4.85. The van der Waals surface area contributed by atoms with Gasteiger partial charge in [-0.2, -0.15) is 5.10 Å². The molecule has 31 heavy (non-hydrogen) atoms. The molecule has 4 rings (SSSR count). The number of nitrogens with zero attached hydrogens (tertiary/aromatic N) is 2. The Kier molecular flexibility index (Phi) is 6.13. The third-order valence-corrected chi connectivity index (χ3v) is 4.90. The highest BCUT2D eigenvalue weighted by molar-refractivity contribution is 5.78. The quantitative estimate of drug-likeness (QED) is 0.473. The fourth-order valence-corrected chi connectivity index (χ4v) is 3.50. The average molecular weight is 412 g/mol. The first-order valence-corrected chi connectivity index (χ1v) is 10.3. The zero-order valence-corrected chi connectivity index (χ0v) is 17.7. The molecule has 0 saturated carbocycles. The summed E-state index contributed by atoms with van der Waals surface area (Å²) in [6, 6.07) is 25.8. The molecule has 156 valence electrons. The fourth-order valence-electron chi connectivity index (χ4n) is 3.50. The smallest absolute Gasteiger partial charge is 0.258 e. The molecule has 0 aliphatic heterocycles. The van der Waals surface area contributed by atoms with Crippen molar-refractivity contribution < 1.29 is 9.53 Å². The van der Waals surface area contributed by atoms with Gasteiger partial charge in [0.05, 0.1) is 11.4 Å². The van der Waals surface area contributed by atoms with Crippen LogP contribution in [0.5, 0.6) is 5.75 Å². The first-order chi connectivity index (χ1) is 15.1. The molecule has 0 aliphatic carbocycles. The summed E-state index contributed by atoms with van der Waals surface area (Å²) in [7, 11) is 0. The molecule has 0 bridgehead atoms. The van der Waals surface area contributed by atoms with Gasteiger partial charge in [-0.3, -0.25) is 4.79 Å². The lowest BCUT2D eigenvalue weighted by molar-refractivity contribution is -0.123. The van der Waals surface area contributed by atoms with Crippen LogP contribution in [0.4, 0.5) is 0 Å². The molecule has 4 aromatic rings. The van der Waals surface area contributed by atoms with Gasteiger partial charge in [0.15, 0.2) is 6.61 Å². The summed E-state index contributed by atoms with van der Waals surface area (Å²) in [4.78, 5) is 12.4. The minimum atomic E-state index is -0.175. The van der Waals surface area contributed by atoms with E-state index in [9.17, 15) is 4.79 Å². The third-order valence-electron chi connectivity index (χ3n) is 4.90. The van der Waals surface area contributed by atoms with Crippen molar-refractivity contribution in [1.29, 1.82) is 0 Å². The number of ether oxygens (including phenoxy) is 1. The van der Waals surface area contributed by atoms with Crippen molar-refractivity contribution >= 4 is 5.91 Å². The van der Waals surface area contributed by atoms with Gasteiger partial charge < -0.3 is 10.1 Å². The SMILES string of the molecule is Cc1cc(C)cc(OCC(=O)NCc2cn(-c3ccccc3)nc2-c2ccccc2)c1. The summed E-state index contributed by atoms with van der Waals surface area (Å²) in [5.41, 5.74) is 5.98. The zero-order chi connectivity index (χ0) is 21.6. The summed E-state index contributed by atoms with van der Waals surface area (Å²) in [6.45, 7) is 4.35. The molecule has 0 atom stereocenters. The van der Waals surface area contributed by atoms with E-state index in [1.165, 1.54) is 0 Å². The molecular weight excluding hydrogens is 386 g/mol. The second-order valence-electron chi connectivity index (χ2n) is 7.54. The highest BCUT2D eigenvalue weighted by Crippen LogP contribution is 2.23. The number of hydrogen-bond donors (Lipinski definition) is 1. The number of aromatic nitrogens is 2. The van der Waals surface area contributed by atoms with Gasteiger partial charge in [-0.1, -0.05) is 54.6 Å². The molecule has 3 aromatic carbocycles. The van der Waals surface area contributed by atoms with E-state index in [1.807, 2.05) is 97.5 Å². The van der Waals surface area contributed by atoms with Gasteiger partial charge in [-0.15, -0.1) is 0 Å². The molecule has 0 fully saturated rings. The van der Waals surface area contributed by atoms with Crippen LogP contribution >= 0.6 is 0 Å². The van der Waals surface area contributed by atoms with Crippen LogP contribution in [0.3, 0.4) is 0 Å². The van der Waals surface area contributed by atoms with Crippen molar-refractivity contribution in [3.8, 4) is 22.7 Å². The van der Waals surface area contributed by atoms with E-state index in [1.54, 1.807) is 0 Å². The molecule has 1 N–H and O–H groups in total. The van der Waals surface area contributed by atoms with Gasteiger partial charge in [0.2, 0.25) is 0 Å². The minimum Gasteiger partial charge on any atom is -0.484 e. The lowest BCUT2D eigenvalue weighted by Gasteiger charge is -2.09. The predicted molar refractivity (Wildman–Crippen MR) is 122 cm³/mol. The van der Waals surface area contributed by atoms with E-state index in [0.29, 0.717) is 12.3 Å². The summed E-state index contributed by atoms with van der Waals surface area (Å²) >= 11 is 0. The summed E-state index contributed by atoms with van der Waals surface area (Å²) < 4.78 is 7.52. The van der Waals surface area contributed by atoms with Crippen LogP contribution in [-0.2, 0) is 11.3 Å². The Morgan fingerprint density at radius 1 is 0.935 bits per heavy atom. The van der Waals surface area contributed by atoms with Crippen LogP contribution in [0.25, 0.3) is 16.9 Å². The Morgan fingerprint density at radius 2 is 1.58 bits per heavy atom. The number of hydrogen-bond acceptors (Lipinski definition) is 3. The van der Waals surface area contributed by atoms with Crippen molar-refractivity contribution in [2.24, 2.45) is 0 Å². The third kappa shape index (κ3) is 5.20. The second-order valence-corrected chi connectivity index (χ2v) is 7.54. The molecule has 1 amide bonds. The lowest BCUT2D eigenvalue weighted by Crippen LogP contribution is -2.28. The second kappa shape index (κ2) is 9.30. The zero-order valence-electron chi connectivity index (χ0n) is 17.7. The van der Waals surface area contributed by atoms with Crippen molar-refractivity contribution in [3.63, 3.8) is 0 Å². The van der Waals surface area contributed by atoms with Gasteiger partial charge in [0.25, 0.3) is 5.91 Å². The van der Waals surface area contributed by atoms with Crippen LogP contribution in [0.1, 0.15) is 16.7 Å². The molecular formula is C26H25N3O2. The number of para-hydroxylation sites is 1. The van der Waals surface area contributed by atoms with Crippen LogP contribution < -0.4 is 10.1 Å². The number of benzene rings is 3. The Hall–Kier alpha value is -3.86. The van der Waals surface area contributed by atoms with Crippen LogP contribution in [-0.4, -0.2) is 22.3 Å². The van der Waals surface area contributed by atoms with Gasteiger partial charge in [-0.05, 0) is 49.2 Å². The van der Waals surface area contributed by atoms with Crippen molar-refractivity contribution in [3.05, 3.63) is 102 Å². The summed E-state index contributed by atoms with van der Waals surface area (Å²) in [6.07, 6.45) is 1.96. The topological polar surface area (TPSA) is 56.1 Å². The Morgan fingerprint density at radius 3 is 2.26 bits per heavy atom. The van der Waals surface area contributed by atoms with Gasteiger partial charge in [-0.25, -0.2) is 4.68 Å². The summed E-state index contributed by atoms with van der Waals surface area (Å²) in [5.74, 6) is 0.528. The lowest BCUT2D eigenvalue weighted by atomic mass is 10.1. The van der Waals surface area contributed by atoms with E-state index in [-0.39, 0.29) is 12.5 Å². The number of carbonyl (C=O) groups is 1. The largest absolute Gasteiger partial charge is 0.484 e. The Labute approximate surface area is 182 Å². The number of carbonyl (C=O) groups excluding carboxylic acids is 1. The van der Waals surface area contributed by atoms with E-state index in [2.05, 4.69) is 11.4 Å². The number of amides is 1. The fraction of sp³-hybridized carbons (Fsp3) is 0.154.